The van der Waals surface area contributed by atoms with Crippen LogP contribution in [0.1, 0.15) is 10.5 Å². The smallest absolute Gasteiger partial charge is 0.356 e. The summed E-state index contributed by atoms with van der Waals surface area (Å²) in [5.74, 6) is -1.53. The van der Waals surface area contributed by atoms with Crippen LogP contribution >= 0.6 is 23.2 Å². The van der Waals surface area contributed by atoms with Gasteiger partial charge in [-0.15, -0.1) is 0 Å². The largest absolute Gasteiger partial charge is 0.476 e. The van der Waals surface area contributed by atoms with Gasteiger partial charge in [0.15, 0.2) is 11.3 Å². The highest BCUT2D eigenvalue weighted by molar-refractivity contribution is 6.36. The maximum Gasteiger partial charge on any atom is 0.356 e. The Hall–Kier alpha value is -2.96. The van der Waals surface area contributed by atoms with E-state index in [1.807, 2.05) is 0 Å². The maximum atomic E-state index is 13.3. The van der Waals surface area contributed by atoms with Crippen molar-refractivity contribution in [2.45, 2.75) is 0 Å². The molecule has 4 rings (SSSR count). The molecule has 2 heterocycles. The summed E-state index contributed by atoms with van der Waals surface area (Å²) in [6.07, 6.45) is 0. The number of rotatable bonds is 3. The highest BCUT2D eigenvalue weighted by Crippen LogP contribution is 2.33. The highest BCUT2D eigenvalue weighted by atomic mass is 35.5. The van der Waals surface area contributed by atoms with Crippen LogP contribution in [0.25, 0.3) is 28.2 Å². The van der Waals surface area contributed by atoms with Gasteiger partial charge in [-0.1, -0.05) is 23.2 Å². The van der Waals surface area contributed by atoms with E-state index in [2.05, 4.69) is 10.1 Å². The molecule has 2 aromatic carbocycles. The predicted octanol–water partition coefficient (Wildman–Crippen LogP) is 5.21. The second-order valence-corrected chi connectivity index (χ2v) is 6.61. The van der Waals surface area contributed by atoms with Gasteiger partial charge < -0.3 is 5.11 Å². The number of hydrogen-bond donors (Lipinski definition) is 1. The number of carbonyl (C=O) groups is 1. The van der Waals surface area contributed by atoms with Crippen molar-refractivity contribution in [2.24, 2.45) is 0 Å². The Balaban J connectivity index is 2.02. The molecular formula is C19H10Cl2FN3O2. The molecular weight excluding hydrogens is 392 g/mol. The summed E-state index contributed by atoms with van der Waals surface area (Å²) < 4.78 is 14.7. The molecule has 0 spiro atoms. The van der Waals surface area contributed by atoms with Gasteiger partial charge in [-0.2, -0.15) is 5.10 Å². The zero-order valence-electron chi connectivity index (χ0n) is 13.5. The first kappa shape index (κ1) is 17.5. The quantitative estimate of drug-likeness (QED) is 0.511. The Morgan fingerprint density at radius 2 is 1.78 bits per heavy atom. The number of aromatic nitrogens is 3. The number of halogens is 3. The minimum atomic E-state index is -1.17. The molecule has 0 saturated heterocycles. The first-order valence-corrected chi connectivity index (χ1v) is 8.53. The van der Waals surface area contributed by atoms with Crippen LogP contribution < -0.4 is 0 Å². The lowest BCUT2D eigenvalue weighted by Gasteiger charge is -2.10. The summed E-state index contributed by atoms with van der Waals surface area (Å²) >= 11 is 12.3. The third kappa shape index (κ3) is 3.25. The van der Waals surface area contributed by atoms with Crippen LogP contribution in [0.5, 0.6) is 0 Å². The summed E-state index contributed by atoms with van der Waals surface area (Å²) in [5, 5.41) is 14.2. The van der Waals surface area contributed by atoms with Crippen LogP contribution in [0.3, 0.4) is 0 Å². The number of nitrogens with zero attached hydrogens (tertiary/aromatic N) is 3. The molecule has 0 aliphatic heterocycles. The fraction of sp³-hybridized carbons (Fsp3) is 0. The minimum Gasteiger partial charge on any atom is -0.476 e. The standard InChI is InChI=1S/C19H10Cl2FN3O2/c20-11-3-6-13(14(21)7-11)17-8-15(10-1-4-12(22)5-2-10)23-18-9-16(19(26)27)24-25(17)18/h1-9H,(H,26,27). The number of fused-ring (bicyclic) bond motifs is 1. The van der Waals surface area contributed by atoms with E-state index in [-0.39, 0.29) is 11.5 Å². The summed E-state index contributed by atoms with van der Waals surface area (Å²) in [6, 6.07) is 13.9. The van der Waals surface area contributed by atoms with Gasteiger partial charge in [0.2, 0.25) is 0 Å². The fourth-order valence-corrected chi connectivity index (χ4v) is 3.24. The van der Waals surface area contributed by atoms with Crippen LogP contribution in [0.4, 0.5) is 4.39 Å². The monoisotopic (exact) mass is 401 g/mol. The molecule has 1 N–H and O–H groups in total. The van der Waals surface area contributed by atoms with E-state index in [4.69, 9.17) is 23.2 Å². The fourth-order valence-electron chi connectivity index (χ4n) is 2.74. The molecule has 0 amide bonds. The SMILES string of the molecule is O=C(O)c1cc2nc(-c3ccc(F)cc3)cc(-c3ccc(Cl)cc3Cl)n2n1. The lowest BCUT2D eigenvalue weighted by Crippen LogP contribution is -2.01. The van der Waals surface area contributed by atoms with E-state index in [1.165, 1.54) is 22.7 Å². The van der Waals surface area contributed by atoms with Crippen LogP contribution in [0.2, 0.25) is 10.0 Å². The molecule has 0 fully saturated rings. The zero-order valence-corrected chi connectivity index (χ0v) is 15.0. The Morgan fingerprint density at radius 3 is 2.44 bits per heavy atom. The van der Waals surface area contributed by atoms with E-state index in [9.17, 15) is 14.3 Å². The number of carboxylic acids is 1. The molecule has 4 aromatic rings. The molecule has 0 aliphatic carbocycles. The Labute approximate surface area is 162 Å². The van der Waals surface area contributed by atoms with E-state index >= 15 is 0 Å². The van der Waals surface area contributed by atoms with Crippen LogP contribution in [-0.4, -0.2) is 25.7 Å². The van der Waals surface area contributed by atoms with E-state index in [0.717, 1.165) is 0 Å². The Kier molecular flexibility index (Phi) is 4.30. The van der Waals surface area contributed by atoms with Gasteiger partial charge in [0.25, 0.3) is 0 Å². The number of aromatic carboxylic acids is 1. The van der Waals surface area contributed by atoms with Crippen molar-refractivity contribution in [1.29, 1.82) is 0 Å². The molecule has 8 heteroatoms. The molecule has 0 radical (unpaired) electrons. The number of benzene rings is 2. The summed E-state index contributed by atoms with van der Waals surface area (Å²) in [7, 11) is 0. The average Bonchev–Trinajstić information content (AvgIpc) is 3.06. The minimum absolute atomic E-state index is 0.148. The van der Waals surface area contributed by atoms with Crippen LogP contribution in [0.15, 0.2) is 54.6 Å². The molecule has 0 saturated carbocycles. The first-order valence-electron chi connectivity index (χ1n) is 7.78. The van der Waals surface area contributed by atoms with Crippen molar-refractivity contribution in [3.63, 3.8) is 0 Å². The topological polar surface area (TPSA) is 67.5 Å². The van der Waals surface area contributed by atoms with Gasteiger partial charge in [0.05, 0.1) is 16.4 Å². The molecule has 2 aromatic heterocycles. The zero-order chi connectivity index (χ0) is 19.1. The molecule has 134 valence electrons. The summed E-state index contributed by atoms with van der Waals surface area (Å²) in [4.78, 5) is 15.8. The molecule has 0 unspecified atom stereocenters. The average molecular weight is 402 g/mol. The van der Waals surface area contributed by atoms with Gasteiger partial charge in [-0.3, -0.25) is 0 Å². The van der Waals surface area contributed by atoms with Gasteiger partial charge >= 0.3 is 5.97 Å². The van der Waals surface area contributed by atoms with Crippen LogP contribution in [0, 0.1) is 5.82 Å². The van der Waals surface area contributed by atoms with Crippen LogP contribution in [-0.2, 0) is 0 Å². The van der Waals surface area contributed by atoms with Crippen molar-refractivity contribution >= 4 is 34.8 Å². The summed E-state index contributed by atoms with van der Waals surface area (Å²) in [6.45, 7) is 0. The molecule has 0 aliphatic rings. The summed E-state index contributed by atoms with van der Waals surface area (Å²) in [5.41, 5.74) is 2.52. The molecule has 0 bridgehead atoms. The normalized spacial score (nSPS) is 11.1. The second kappa shape index (κ2) is 6.64. The second-order valence-electron chi connectivity index (χ2n) is 5.76. The van der Waals surface area contributed by atoms with Gasteiger partial charge in [-0.25, -0.2) is 18.7 Å². The van der Waals surface area contributed by atoms with Gasteiger partial charge in [0, 0.05) is 22.2 Å². The van der Waals surface area contributed by atoms with E-state index < -0.39 is 5.97 Å². The van der Waals surface area contributed by atoms with Crippen molar-refractivity contribution in [3.05, 3.63) is 76.2 Å². The Morgan fingerprint density at radius 1 is 1.04 bits per heavy atom. The lowest BCUT2D eigenvalue weighted by molar-refractivity contribution is 0.0690. The molecule has 27 heavy (non-hydrogen) atoms. The number of hydrogen-bond acceptors (Lipinski definition) is 3. The van der Waals surface area contributed by atoms with Crippen molar-refractivity contribution < 1.29 is 14.3 Å². The third-order valence-electron chi connectivity index (χ3n) is 3.99. The molecule has 0 atom stereocenters. The highest BCUT2D eigenvalue weighted by Gasteiger charge is 2.17. The predicted molar refractivity (Wildman–Crippen MR) is 101 cm³/mol. The maximum absolute atomic E-state index is 13.3. The van der Waals surface area contributed by atoms with Crippen molar-refractivity contribution in [2.75, 3.05) is 0 Å². The Bertz CT molecular complexity index is 1190. The van der Waals surface area contributed by atoms with Gasteiger partial charge in [-0.05, 0) is 48.5 Å². The van der Waals surface area contributed by atoms with E-state index in [1.54, 1.807) is 36.4 Å². The van der Waals surface area contributed by atoms with Crippen molar-refractivity contribution in [3.8, 4) is 22.5 Å². The van der Waals surface area contributed by atoms with E-state index in [0.29, 0.717) is 38.2 Å². The number of carboxylic acid groups (broad SMARTS) is 1. The molecule has 5 nitrogen and oxygen atoms in total. The third-order valence-corrected chi connectivity index (χ3v) is 4.54. The first-order chi connectivity index (χ1) is 12.9. The lowest BCUT2D eigenvalue weighted by atomic mass is 10.1. The van der Waals surface area contributed by atoms with Gasteiger partial charge in [0.1, 0.15) is 5.82 Å². The van der Waals surface area contributed by atoms with Crippen molar-refractivity contribution in [1.82, 2.24) is 14.6 Å².